The van der Waals surface area contributed by atoms with E-state index in [2.05, 4.69) is 0 Å². The average Bonchev–Trinajstić information content (AvgIpc) is 2.83. The molecule has 0 saturated carbocycles. The van der Waals surface area contributed by atoms with Crippen molar-refractivity contribution in [2.45, 2.75) is 13.5 Å². The summed E-state index contributed by atoms with van der Waals surface area (Å²) in [6, 6.07) is 29.8. The lowest BCUT2D eigenvalue weighted by atomic mass is 9.93. The fourth-order valence-electron chi connectivity index (χ4n) is 3.54. The molecule has 4 heteroatoms. The van der Waals surface area contributed by atoms with Crippen LogP contribution in [0.1, 0.15) is 22.8 Å². The van der Waals surface area contributed by atoms with E-state index >= 15 is 0 Å². The minimum Gasteiger partial charge on any atom is -0.489 e. The predicted octanol–water partition coefficient (Wildman–Crippen LogP) is 6.92. The highest BCUT2D eigenvalue weighted by atomic mass is 19.1. The van der Waals surface area contributed by atoms with Gasteiger partial charge >= 0.3 is 5.97 Å². The quantitative estimate of drug-likeness (QED) is 0.301. The highest BCUT2D eigenvalue weighted by Crippen LogP contribution is 2.34. The molecule has 4 aromatic carbocycles. The summed E-state index contributed by atoms with van der Waals surface area (Å²) >= 11 is 0. The molecule has 0 bridgehead atoms. The van der Waals surface area contributed by atoms with E-state index < -0.39 is 11.8 Å². The van der Waals surface area contributed by atoms with Crippen LogP contribution in [-0.4, -0.2) is 12.6 Å². The molecule has 0 aliphatic carbocycles. The molecule has 32 heavy (non-hydrogen) atoms. The number of hydrogen-bond donors (Lipinski definition) is 0. The van der Waals surface area contributed by atoms with E-state index in [0.717, 1.165) is 28.0 Å². The Morgan fingerprint density at radius 2 is 1.44 bits per heavy atom. The van der Waals surface area contributed by atoms with Crippen LogP contribution in [0.4, 0.5) is 4.39 Å². The molecule has 0 aliphatic heterocycles. The maximum Gasteiger partial charge on any atom is 0.338 e. The fraction of sp³-hybridized carbons (Fsp3) is 0.107. The lowest BCUT2D eigenvalue weighted by Gasteiger charge is -2.13. The molecular weight excluding hydrogens is 403 g/mol. The molecule has 0 saturated heterocycles. The van der Waals surface area contributed by atoms with Gasteiger partial charge in [-0.25, -0.2) is 9.18 Å². The van der Waals surface area contributed by atoms with Gasteiger partial charge in [0, 0.05) is 0 Å². The van der Waals surface area contributed by atoms with E-state index in [9.17, 15) is 9.18 Å². The molecule has 0 atom stereocenters. The highest BCUT2D eigenvalue weighted by molar-refractivity contribution is 5.92. The van der Waals surface area contributed by atoms with E-state index in [1.807, 2.05) is 78.9 Å². The fourth-order valence-corrected chi connectivity index (χ4v) is 3.54. The average molecular weight is 426 g/mol. The largest absolute Gasteiger partial charge is 0.489 e. The van der Waals surface area contributed by atoms with Gasteiger partial charge in [-0.3, -0.25) is 0 Å². The molecule has 0 unspecified atom stereocenters. The molecule has 0 N–H and O–H groups in total. The lowest BCUT2D eigenvalue weighted by molar-refractivity contribution is 0.0526. The van der Waals surface area contributed by atoms with Crippen molar-refractivity contribution in [1.29, 1.82) is 0 Å². The first-order valence-electron chi connectivity index (χ1n) is 10.5. The van der Waals surface area contributed by atoms with Crippen molar-refractivity contribution in [2.24, 2.45) is 0 Å². The number of carbonyl (C=O) groups excluding carboxylic acids is 1. The van der Waals surface area contributed by atoms with Crippen molar-refractivity contribution in [2.75, 3.05) is 6.61 Å². The van der Waals surface area contributed by atoms with Crippen molar-refractivity contribution >= 4 is 5.97 Å². The number of ether oxygens (including phenoxy) is 2. The van der Waals surface area contributed by atoms with Gasteiger partial charge in [-0.1, -0.05) is 66.7 Å². The maximum atomic E-state index is 14.3. The number of hydrogen-bond acceptors (Lipinski definition) is 3. The second kappa shape index (κ2) is 9.92. The van der Waals surface area contributed by atoms with Crippen LogP contribution in [0.3, 0.4) is 0 Å². The summed E-state index contributed by atoms with van der Waals surface area (Å²) in [5.74, 6) is -0.249. The molecule has 3 nitrogen and oxygen atoms in total. The summed E-state index contributed by atoms with van der Waals surface area (Å²) in [6.07, 6.45) is 0. The van der Waals surface area contributed by atoms with Gasteiger partial charge < -0.3 is 9.47 Å². The first-order chi connectivity index (χ1) is 15.6. The summed E-state index contributed by atoms with van der Waals surface area (Å²) < 4.78 is 25.2. The Hall–Kier alpha value is -3.92. The van der Waals surface area contributed by atoms with Gasteiger partial charge in [0.15, 0.2) is 0 Å². The van der Waals surface area contributed by atoms with Crippen LogP contribution in [0.15, 0.2) is 97.1 Å². The van der Waals surface area contributed by atoms with E-state index in [1.165, 1.54) is 12.1 Å². The van der Waals surface area contributed by atoms with Crippen LogP contribution < -0.4 is 4.74 Å². The molecule has 4 rings (SSSR count). The minimum atomic E-state index is -0.536. The van der Waals surface area contributed by atoms with Gasteiger partial charge in [-0.05, 0) is 65.1 Å². The summed E-state index contributed by atoms with van der Waals surface area (Å²) in [4.78, 5) is 12.1. The molecule has 0 amide bonds. The second-order valence-corrected chi connectivity index (χ2v) is 7.29. The summed E-state index contributed by atoms with van der Waals surface area (Å²) in [7, 11) is 0. The third-order valence-electron chi connectivity index (χ3n) is 5.06. The Morgan fingerprint density at radius 1 is 0.781 bits per heavy atom. The molecule has 0 fully saturated rings. The second-order valence-electron chi connectivity index (χ2n) is 7.29. The first-order valence-corrected chi connectivity index (χ1v) is 10.5. The predicted molar refractivity (Wildman–Crippen MR) is 124 cm³/mol. The van der Waals surface area contributed by atoms with Crippen LogP contribution >= 0.6 is 0 Å². The molecule has 160 valence electrons. The third-order valence-corrected chi connectivity index (χ3v) is 5.06. The number of halogens is 1. The van der Waals surface area contributed by atoms with Crippen molar-refractivity contribution in [3.8, 4) is 28.0 Å². The van der Waals surface area contributed by atoms with Crippen LogP contribution in [-0.2, 0) is 11.3 Å². The monoisotopic (exact) mass is 426 g/mol. The summed E-state index contributed by atoms with van der Waals surface area (Å²) in [6.45, 7) is 2.46. The molecule has 0 aliphatic rings. The van der Waals surface area contributed by atoms with Gasteiger partial charge in [0.05, 0.1) is 12.2 Å². The Labute approximate surface area is 187 Å². The van der Waals surface area contributed by atoms with Gasteiger partial charge in [-0.2, -0.15) is 0 Å². The van der Waals surface area contributed by atoms with Crippen molar-refractivity contribution in [3.05, 3.63) is 114 Å². The summed E-state index contributed by atoms with van der Waals surface area (Å²) in [5.41, 5.74) is 4.65. The molecular formula is C28H23FO3. The molecule has 0 aromatic heterocycles. The number of rotatable bonds is 7. The Balaban J connectivity index is 1.61. The van der Waals surface area contributed by atoms with E-state index in [1.54, 1.807) is 13.0 Å². The van der Waals surface area contributed by atoms with Crippen LogP contribution in [0, 0.1) is 5.82 Å². The molecule has 0 spiro atoms. The van der Waals surface area contributed by atoms with E-state index in [4.69, 9.17) is 9.47 Å². The molecule has 4 aromatic rings. The summed E-state index contributed by atoms with van der Waals surface area (Å²) in [5, 5.41) is 0. The van der Waals surface area contributed by atoms with Gasteiger partial charge in [0.1, 0.15) is 18.2 Å². The smallest absolute Gasteiger partial charge is 0.338 e. The zero-order valence-corrected chi connectivity index (χ0v) is 17.8. The molecule has 0 radical (unpaired) electrons. The minimum absolute atomic E-state index is 0.196. The topological polar surface area (TPSA) is 35.5 Å². The number of benzene rings is 4. The van der Waals surface area contributed by atoms with Crippen molar-refractivity contribution in [1.82, 2.24) is 0 Å². The van der Waals surface area contributed by atoms with E-state index in [-0.39, 0.29) is 12.2 Å². The molecule has 0 heterocycles. The number of esters is 1. The van der Waals surface area contributed by atoms with Crippen molar-refractivity contribution < 1.29 is 18.7 Å². The van der Waals surface area contributed by atoms with Gasteiger partial charge in [0.2, 0.25) is 0 Å². The van der Waals surface area contributed by atoms with Crippen LogP contribution in [0.25, 0.3) is 22.3 Å². The van der Waals surface area contributed by atoms with Crippen molar-refractivity contribution in [3.63, 3.8) is 0 Å². The van der Waals surface area contributed by atoms with Gasteiger partial charge in [0.25, 0.3) is 0 Å². The van der Waals surface area contributed by atoms with E-state index in [0.29, 0.717) is 12.2 Å². The Kier molecular flexibility index (Phi) is 6.61. The SMILES string of the molecule is CCOC(=O)c1cc(F)cc(-c2ccccc2-c2ccc(OCc3ccccc3)cc2)c1. The van der Waals surface area contributed by atoms with Crippen LogP contribution in [0.2, 0.25) is 0 Å². The highest BCUT2D eigenvalue weighted by Gasteiger charge is 2.13. The Morgan fingerprint density at radius 3 is 2.12 bits per heavy atom. The standard InChI is InChI=1S/C28H23FO3/c1-2-31-28(30)23-16-22(17-24(29)18-23)27-11-7-6-10-26(27)21-12-14-25(15-13-21)32-19-20-8-4-3-5-9-20/h3-18H,2,19H2,1H3. The number of carbonyl (C=O) groups is 1. The maximum absolute atomic E-state index is 14.3. The zero-order chi connectivity index (χ0) is 22.3. The zero-order valence-electron chi connectivity index (χ0n) is 17.8. The Bertz CT molecular complexity index is 1200. The third kappa shape index (κ3) is 5.03. The lowest BCUT2D eigenvalue weighted by Crippen LogP contribution is -2.05. The van der Waals surface area contributed by atoms with Gasteiger partial charge in [-0.15, -0.1) is 0 Å². The normalized spacial score (nSPS) is 10.6. The van der Waals surface area contributed by atoms with Crippen LogP contribution in [0.5, 0.6) is 5.75 Å². The first kappa shape index (κ1) is 21.3.